The Labute approximate surface area is 202 Å². The summed E-state index contributed by atoms with van der Waals surface area (Å²) in [5, 5.41) is 9.22. The molecule has 0 aliphatic carbocycles. The molecule has 10 nitrogen and oxygen atoms in total. The van der Waals surface area contributed by atoms with Gasteiger partial charge in [-0.1, -0.05) is 43.3 Å². The Hall–Kier alpha value is -3.22. The molecule has 0 atom stereocenters. The van der Waals surface area contributed by atoms with E-state index in [1.807, 2.05) is 31.2 Å². The molecule has 0 aliphatic heterocycles. The minimum Gasteiger partial charge on any atom is -0.368 e. The lowest BCUT2D eigenvalue weighted by Gasteiger charge is -2.10. The van der Waals surface area contributed by atoms with Crippen LogP contribution < -0.4 is 16.2 Å². The molecular formula is C22H26N8O2S2. The van der Waals surface area contributed by atoms with Crippen molar-refractivity contribution in [2.24, 2.45) is 5.14 Å². The summed E-state index contributed by atoms with van der Waals surface area (Å²) in [4.78, 5) is 17.7. The molecule has 0 fully saturated rings. The van der Waals surface area contributed by atoms with Crippen LogP contribution in [0.4, 0.5) is 17.6 Å². The van der Waals surface area contributed by atoms with Gasteiger partial charge in [-0.25, -0.2) is 18.5 Å². The zero-order valence-corrected chi connectivity index (χ0v) is 20.5. The number of aromatic nitrogens is 5. The number of nitrogens with zero attached hydrogens (tertiary/aromatic N) is 5. The van der Waals surface area contributed by atoms with E-state index in [0.29, 0.717) is 23.0 Å². The van der Waals surface area contributed by atoms with Crippen LogP contribution in [-0.4, -0.2) is 32.9 Å². The molecule has 0 unspecified atom stereocenters. The van der Waals surface area contributed by atoms with Gasteiger partial charge in [0.15, 0.2) is 5.16 Å². The number of fused-ring (bicyclic) bond motifs is 1. The topological polar surface area (TPSA) is 155 Å². The molecular weight excluding hydrogens is 472 g/mol. The summed E-state index contributed by atoms with van der Waals surface area (Å²) >= 11 is 1.45. The zero-order valence-electron chi connectivity index (χ0n) is 18.9. The first-order chi connectivity index (χ1) is 16.2. The second-order valence-electron chi connectivity index (χ2n) is 7.76. The van der Waals surface area contributed by atoms with Crippen molar-refractivity contribution in [1.82, 2.24) is 24.5 Å². The summed E-state index contributed by atoms with van der Waals surface area (Å²) < 4.78 is 25.6. The van der Waals surface area contributed by atoms with Crippen LogP contribution in [0, 0.1) is 6.92 Å². The van der Waals surface area contributed by atoms with E-state index in [4.69, 9.17) is 10.9 Å². The zero-order chi connectivity index (χ0) is 24.3. The van der Waals surface area contributed by atoms with Crippen LogP contribution in [0.3, 0.4) is 0 Å². The smallest absolute Gasteiger partial charge is 0.238 e. The van der Waals surface area contributed by atoms with Crippen LogP contribution in [-0.2, 0) is 22.3 Å². The van der Waals surface area contributed by atoms with Gasteiger partial charge in [0, 0.05) is 12.2 Å². The molecule has 0 bridgehead atoms. The number of nitrogen functional groups attached to an aromatic ring is 1. The highest BCUT2D eigenvalue weighted by atomic mass is 32.2. The number of para-hydroxylation sites is 1. The van der Waals surface area contributed by atoms with Gasteiger partial charge in [-0.3, -0.25) is 0 Å². The Morgan fingerprint density at radius 3 is 2.62 bits per heavy atom. The lowest BCUT2D eigenvalue weighted by atomic mass is 10.2. The minimum atomic E-state index is -3.81. The molecule has 4 aromatic rings. The predicted molar refractivity (Wildman–Crippen MR) is 134 cm³/mol. The SMILES string of the molecule is CCCCn1c(SCc2nc(N)nc(Nc3ccccc3C)n2)nc2cc(S(N)(=O)=O)ccc21. The van der Waals surface area contributed by atoms with Crippen molar-refractivity contribution in [3.8, 4) is 0 Å². The fourth-order valence-electron chi connectivity index (χ4n) is 3.43. The molecule has 5 N–H and O–H groups in total. The Kier molecular flexibility index (Phi) is 7.00. The number of nitrogens with two attached hydrogens (primary N) is 2. The lowest BCUT2D eigenvalue weighted by molar-refractivity contribution is 0.597. The normalized spacial score (nSPS) is 11.7. The number of anilines is 3. The quantitative estimate of drug-likeness (QED) is 0.294. The molecule has 0 radical (unpaired) electrons. The van der Waals surface area contributed by atoms with Crippen molar-refractivity contribution >= 4 is 50.4 Å². The van der Waals surface area contributed by atoms with E-state index in [-0.39, 0.29) is 10.8 Å². The van der Waals surface area contributed by atoms with E-state index < -0.39 is 10.0 Å². The Bertz CT molecular complexity index is 1440. The number of imidazole rings is 1. The molecule has 0 amide bonds. The van der Waals surface area contributed by atoms with E-state index in [9.17, 15) is 8.42 Å². The number of benzene rings is 2. The van der Waals surface area contributed by atoms with Gasteiger partial charge in [0.05, 0.1) is 21.7 Å². The van der Waals surface area contributed by atoms with Gasteiger partial charge in [0.1, 0.15) is 5.82 Å². The van der Waals surface area contributed by atoms with E-state index in [2.05, 4.69) is 36.7 Å². The van der Waals surface area contributed by atoms with Crippen molar-refractivity contribution in [3.63, 3.8) is 0 Å². The number of primary sulfonamides is 1. The number of hydrogen-bond acceptors (Lipinski definition) is 9. The largest absolute Gasteiger partial charge is 0.368 e. The summed E-state index contributed by atoms with van der Waals surface area (Å²) in [6.45, 7) is 4.86. The molecule has 0 saturated carbocycles. The summed E-state index contributed by atoms with van der Waals surface area (Å²) in [6.07, 6.45) is 1.97. The first-order valence-electron chi connectivity index (χ1n) is 10.7. The van der Waals surface area contributed by atoms with Crippen LogP contribution in [0.1, 0.15) is 31.2 Å². The average molecular weight is 499 g/mol. The fraction of sp³-hybridized carbons (Fsp3) is 0.273. The van der Waals surface area contributed by atoms with Gasteiger partial charge in [-0.2, -0.15) is 15.0 Å². The maximum Gasteiger partial charge on any atom is 0.238 e. The summed E-state index contributed by atoms with van der Waals surface area (Å²) in [7, 11) is -3.81. The highest BCUT2D eigenvalue weighted by molar-refractivity contribution is 7.98. The molecule has 2 heterocycles. The monoisotopic (exact) mass is 498 g/mol. The van der Waals surface area contributed by atoms with Crippen LogP contribution in [0.25, 0.3) is 11.0 Å². The molecule has 34 heavy (non-hydrogen) atoms. The number of aryl methyl sites for hydroxylation is 2. The van der Waals surface area contributed by atoms with Gasteiger partial charge in [-0.05, 0) is 43.2 Å². The van der Waals surface area contributed by atoms with Gasteiger partial charge in [-0.15, -0.1) is 0 Å². The number of rotatable bonds is 9. The van der Waals surface area contributed by atoms with Crippen molar-refractivity contribution in [2.45, 2.75) is 49.0 Å². The standard InChI is InChI=1S/C22H26N8O2S2/c1-3-4-11-30-18-10-9-15(34(24,31)32)12-17(18)26-22(30)33-13-19-27-20(23)29-21(28-19)25-16-8-6-5-7-14(16)2/h5-10,12H,3-4,11,13H2,1-2H3,(H2,24,31,32)(H3,23,25,27,28,29). The molecule has 0 spiro atoms. The number of sulfonamides is 1. The molecule has 0 aliphatic rings. The van der Waals surface area contributed by atoms with Crippen molar-refractivity contribution in [3.05, 3.63) is 53.9 Å². The third kappa shape index (κ3) is 5.46. The average Bonchev–Trinajstić information content (AvgIpc) is 3.13. The number of unbranched alkanes of at least 4 members (excludes halogenated alkanes) is 1. The van der Waals surface area contributed by atoms with E-state index in [1.165, 1.54) is 23.9 Å². The molecule has 2 aromatic carbocycles. The maximum atomic E-state index is 11.8. The predicted octanol–water partition coefficient (Wildman–Crippen LogP) is 3.60. The highest BCUT2D eigenvalue weighted by Crippen LogP contribution is 2.28. The van der Waals surface area contributed by atoms with Crippen LogP contribution in [0.15, 0.2) is 52.5 Å². The molecule has 4 rings (SSSR count). The third-order valence-electron chi connectivity index (χ3n) is 5.17. The van der Waals surface area contributed by atoms with E-state index in [0.717, 1.165) is 41.3 Å². The van der Waals surface area contributed by atoms with Crippen LogP contribution in [0.5, 0.6) is 0 Å². The Balaban J connectivity index is 1.61. The molecule has 178 valence electrons. The third-order valence-corrected chi connectivity index (χ3v) is 7.05. The summed E-state index contributed by atoms with van der Waals surface area (Å²) in [5.74, 6) is 1.41. The van der Waals surface area contributed by atoms with Gasteiger partial charge >= 0.3 is 0 Å². The van der Waals surface area contributed by atoms with Crippen molar-refractivity contribution < 1.29 is 8.42 Å². The minimum absolute atomic E-state index is 0.0360. The second kappa shape index (κ2) is 9.95. The molecule has 2 aromatic heterocycles. The van der Waals surface area contributed by atoms with Gasteiger partial charge in [0.2, 0.25) is 21.9 Å². The fourth-order valence-corrected chi connectivity index (χ4v) is 4.86. The van der Waals surface area contributed by atoms with Crippen LogP contribution in [0.2, 0.25) is 0 Å². The van der Waals surface area contributed by atoms with Crippen molar-refractivity contribution in [1.29, 1.82) is 0 Å². The summed E-state index contributed by atoms with van der Waals surface area (Å²) in [6, 6.07) is 12.6. The lowest BCUT2D eigenvalue weighted by Crippen LogP contribution is -2.11. The van der Waals surface area contributed by atoms with E-state index in [1.54, 1.807) is 6.07 Å². The van der Waals surface area contributed by atoms with Crippen LogP contribution >= 0.6 is 11.8 Å². The Morgan fingerprint density at radius 2 is 1.88 bits per heavy atom. The summed E-state index contributed by atoms with van der Waals surface area (Å²) in [5.41, 5.74) is 9.30. The van der Waals surface area contributed by atoms with E-state index >= 15 is 0 Å². The molecule has 12 heteroatoms. The van der Waals surface area contributed by atoms with Crippen molar-refractivity contribution in [2.75, 3.05) is 11.1 Å². The number of hydrogen-bond donors (Lipinski definition) is 3. The first-order valence-corrected chi connectivity index (χ1v) is 13.3. The first kappa shape index (κ1) is 23.9. The van der Waals surface area contributed by atoms with Gasteiger partial charge < -0.3 is 15.6 Å². The number of thioether (sulfide) groups is 1. The Morgan fingerprint density at radius 1 is 1.09 bits per heavy atom. The maximum absolute atomic E-state index is 11.8. The van der Waals surface area contributed by atoms with Gasteiger partial charge in [0.25, 0.3) is 0 Å². The molecule has 0 saturated heterocycles. The second-order valence-corrected chi connectivity index (χ2v) is 10.3. The highest BCUT2D eigenvalue weighted by Gasteiger charge is 2.16. The number of nitrogens with one attached hydrogen (secondary N) is 1.